The van der Waals surface area contributed by atoms with Gasteiger partial charge in [-0.3, -0.25) is 0 Å². The molecule has 3 fully saturated rings. The van der Waals surface area contributed by atoms with Crippen LogP contribution >= 0.6 is 0 Å². The second kappa shape index (κ2) is 2.68. The molecule has 0 aromatic carbocycles. The third-order valence-electron chi connectivity index (χ3n) is 6.87. The fourth-order valence-electron chi connectivity index (χ4n) is 5.95. The molecule has 0 radical (unpaired) electrons. The molecule has 0 aliphatic heterocycles. The second-order valence-electron chi connectivity index (χ2n) is 7.64. The van der Waals surface area contributed by atoms with Crippen LogP contribution in [0, 0.1) is 22.2 Å². The fraction of sp³-hybridized carbons (Fsp3) is 1.00. The second-order valence-corrected chi connectivity index (χ2v) is 7.64. The van der Waals surface area contributed by atoms with Gasteiger partial charge in [-0.2, -0.15) is 0 Å². The van der Waals surface area contributed by atoms with Gasteiger partial charge in [0.25, 0.3) is 0 Å². The quantitative estimate of drug-likeness (QED) is 0.716. The third kappa shape index (κ3) is 0.903. The molecule has 3 saturated carbocycles. The molecule has 4 atom stereocenters. The number of hydrogen-bond acceptors (Lipinski definition) is 1. The smallest absolute Gasteiger partial charge is 0.0653 e. The topological polar surface area (TPSA) is 20.2 Å². The maximum Gasteiger partial charge on any atom is 0.0653 e. The molecule has 1 N–H and O–H groups in total. The van der Waals surface area contributed by atoms with E-state index in [1.54, 1.807) is 0 Å². The van der Waals surface area contributed by atoms with E-state index in [0.29, 0.717) is 10.8 Å². The summed E-state index contributed by atoms with van der Waals surface area (Å²) in [6.45, 7) is 9.04. The van der Waals surface area contributed by atoms with E-state index in [1.165, 1.54) is 38.5 Å². The minimum absolute atomic E-state index is 0.259. The maximum atomic E-state index is 10.6. The van der Waals surface area contributed by atoms with Crippen LogP contribution in [0.1, 0.15) is 66.2 Å². The van der Waals surface area contributed by atoms with Gasteiger partial charge in [0.2, 0.25) is 0 Å². The SMILES string of the molecule is CC1CCCC2(C)CCC3(C(C)(C)O)CC123. The first-order chi connectivity index (χ1) is 7.29. The minimum atomic E-state index is -0.476. The number of hydrogen-bond donors (Lipinski definition) is 1. The van der Waals surface area contributed by atoms with E-state index in [-0.39, 0.29) is 5.41 Å². The largest absolute Gasteiger partial charge is 0.390 e. The zero-order valence-corrected chi connectivity index (χ0v) is 11.3. The molecule has 0 bridgehead atoms. The lowest BCUT2D eigenvalue weighted by molar-refractivity contribution is -0.0430. The van der Waals surface area contributed by atoms with Crippen molar-refractivity contribution in [2.75, 3.05) is 0 Å². The molecule has 4 unspecified atom stereocenters. The lowest BCUT2D eigenvalue weighted by Crippen LogP contribution is -2.42. The van der Waals surface area contributed by atoms with Crippen LogP contribution in [0.15, 0.2) is 0 Å². The summed E-state index contributed by atoms with van der Waals surface area (Å²) >= 11 is 0. The Labute approximate surface area is 99.6 Å². The van der Waals surface area contributed by atoms with Crippen molar-refractivity contribution in [2.45, 2.75) is 71.8 Å². The molecule has 0 aromatic rings. The molecule has 3 rings (SSSR count). The highest BCUT2D eigenvalue weighted by atomic mass is 16.3. The highest BCUT2D eigenvalue weighted by Crippen LogP contribution is 2.88. The molecule has 92 valence electrons. The highest BCUT2D eigenvalue weighted by molar-refractivity contribution is 5.31. The molecule has 1 spiro atoms. The van der Waals surface area contributed by atoms with Crippen LogP contribution in [0.3, 0.4) is 0 Å². The van der Waals surface area contributed by atoms with Crippen molar-refractivity contribution in [2.24, 2.45) is 22.2 Å². The predicted octanol–water partition coefficient (Wildman–Crippen LogP) is 3.75. The Morgan fingerprint density at radius 3 is 2.44 bits per heavy atom. The summed E-state index contributed by atoms with van der Waals surface area (Å²) in [5.74, 6) is 0.820. The molecular formula is C15H26O. The number of rotatable bonds is 1. The van der Waals surface area contributed by atoms with Gasteiger partial charge in [0.1, 0.15) is 0 Å². The van der Waals surface area contributed by atoms with E-state index in [2.05, 4.69) is 27.7 Å². The van der Waals surface area contributed by atoms with Crippen LogP contribution in [-0.2, 0) is 0 Å². The van der Waals surface area contributed by atoms with Crippen molar-refractivity contribution in [1.29, 1.82) is 0 Å². The van der Waals surface area contributed by atoms with Gasteiger partial charge in [-0.05, 0) is 56.3 Å². The number of aliphatic hydroxyl groups is 1. The van der Waals surface area contributed by atoms with Crippen LogP contribution in [0.4, 0.5) is 0 Å². The van der Waals surface area contributed by atoms with E-state index in [1.807, 2.05) is 0 Å². The van der Waals surface area contributed by atoms with Gasteiger partial charge in [-0.15, -0.1) is 0 Å². The van der Waals surface area contributed by atoms with Crippen molar-refractivity contribution in [3.05, 3.63) is 0 Å². The lowest BCUT2D eigenvalue weighted by Gasteiger charge is -2.46. The molecule has 16 heavy (non-hydrogen) atoms. The third-order valence-corrected chi connectivity index (χ3v) is 6.87. The van der Waals surface area contributed by atoms with Crippen molar-refractivity contribution >= 4 is 0 Å². The molecular weight excluding hydrogens is 196 g/mol. The zero-order chi connectivity index (χ0) is 11.8. The molecule has 0 aromatic heterocycles. The van der Waals surface area contributed by atoms with E-state index >= 15 is 0 Å². The monoisotopic (exact) mass is 222 g/mol. The fourth-order valence-corrected chi connectivity index (χ4v) is 5.95. The Hall–Kier alpha value is -0.0400. The molecule has 0 heterocycles. The van der Waals surface area contributed by atoms with Crippen molar-refractivity contribution in [3.8, 4) is 0 Å². The maximum absolute atomic E-state index is 10.6. The summed E-state index contributed by atoms with van der Waals surface area (Å²) < 4.78 is 0. The van der Waals surface area contributed by atoms with Crippen LogP contribution in [0.2, 0.25) is 0 Å². The van der Waals surface area contributed by atoms with Gasteiger partial charge in [0.05, 0.1) is 5.60 Å². The predicted molar refractivity (Wildman–Crippen MR) is 66.1 cm³/mol. The molecule has 3 aliphatic rings. The summed E-state index contributed by atoms with van der Waals surface area (Å²) in [6, 6.07) is 0. The standard InChI is InChI=1S/C15H26O/c1-11-6-5-7-13(4)8-9-14(12(2,3)16)10-15(11,13)14/h11,16H,5-10H2,1-4H3. The van der Waals surface area contributed by atoms with Gasteiger partial charge >= 0.3 is 0 Å². The van der Waals surface area contributed by atoms with E-state index in [9.17, 15) is 5.11 Å². The lowest BCUT2D eigenvalue weighted by atomic mass is 9.59. The van der Waals surface area contributed by atoms with Crippen molar-refractivity contribution < 1.29 is 5.11 Å². The van der Waals surface area contributed by atoms with Gasteiger partial charge in [-0.25, -0.2) is 0 Å². The summed E-state index contributed by atoms with van der Waals surface area (Å²) in [5, 5.41) is 10.6. The minimum Gasteiger partial charge on any atom is -0.390 e. The summed E-state index contributed by atoms with van der Waals surface area (Å²) in [4.78, 5) is 0. The van der Waals surface area contributed by atoms with Crippen LogP contribution < -0.4 is 0 Å². The summed E-state index contributed by atoms with van der Waals surface area (Å²) in [6.07, 6.45) is 8.09. The average Bonchev–Trinajstić information content (AvgIpc) is 2.78. The average molecular weight is 222 g/mol. The van der Waals surface area contributed by atoms with Crippen LogP contribution in [-0.4, -0.2) is 10.7 Å². The van der Waals surface area contributed by atoms with E-state index in [0.717, 1.165) is 5.92 Å². The van der Waals surface area contributed by atoms with Gasteiger partial charge in [-0.1, -0.05) is 26.7 Å². The first-order valence-electron chi connectivity index (χ1n) is 7.02. The molecule has 1 nitrogen and oxygen atoms in total. The highest BCUT2D eigenvalue weighted by Gasteiger charge is 2.83. The first-order valence-corrected chi connectivity index (χ1v) is 7.02. The Bertz CT molecular complexity index is 329. The van der Waals surface area contributed by atoms with Crippen molar-refractivity contribution in [3.63, 3.8) is 0 Å². The van der Waals surface area contributed by atoms with Crippen LogP contribution in [0.5, 0.6) is 0 Å². The normalized spacial score (nSPS) is 55.7. The molecule has 3 aliphatic carbocycles. The van der Waals surface area contributed by atoms with Crippen molar-refractivity contribution in [1.82, 2.24) is 0 Å². The van der Waals surface area contributed by atoms with Gasteiger partial charge in [0.15, 0.2) is 0 Å². The van der Waals surface area contributed by atoms with E-state index < -0.39 is 5.60 Å². The Morgan fingerprint density at radius 2 is 1.88 bits per heavy atom. The molecule has 1 heteroatoms. The molecule has 0 amide bonds. The molecule has 0 saturated heterocycles. The zero-order valence-electron chi connectivity index (χ0n) is 11.3. The Balaban J connectivity index is 2.06. The summed E-state index contributed by atoms with van der Waals surface area (Å²) in [7, 11) is 0. The van der Waals surface area contributed by atoms with Crippen LogP contribution in [0.25, 0.3) is 0 Å². The van der Waals surface area contributed by atoms with Gasteiger partial charge < -0.3 is 5.11 Å². The first kappa shape index (κ1) is 11.1. The summed E-state index contributed by atoms with van der Waals surface area (Å²) in [5.41, 5.74) is 0.798. The van der Waals surface area contributed by atoms with E-state index in [4.69, 9.17) is 0 Å². The Morgan fingerprint density at radius 1 is 1.19 bits per heavy atom. The Kier molecular flexibility index (Phi) is 1.86. The van der Waals surface area contributed by atoms with Gasteiger partial charge in [0, 0.05) is 5.41 Å².